The monoisotopic (exact) mass is 249 g/mol. The van der Waals surface area contributed by atoms with Crippen LogP contribution in [-0.2, 0) is 6.42 Å². The molecule has 0 amide bonds. The Kier molecular flexibility index (Phi) is 4.39. The highest BCUT2D eigenvalue weighted by atomic mass is 19.1. The van der Waals surface area contributed by atoms with Gasteiger partial charge >= 0.3 is 0 Å². The van der Waals surface area contributed by atoms with Crippen LogP contribution in [0, 0.1) is 17.2 Å². The predicted molar refractivity (Wildman–Crippen MR) is 74.1 cm³/mol. The first-order valence-electron chi connectivity index (χ1n) is 7.09. The van der Waals surface area contributed by atoms with Crippen LogP contribution in [-0.4, -0.2) is 13.1 Å². The van der Waals surface area contributed by atoms with E-state index < -0.39 is 0 Å². The fourth-order valence-electron chi connectivity index (χ4n) is 2.75. The van der Waals surface area contributed by atoms with Gasteiger partial charge in [0.25, 0.3) is 0 Å². The number of hydrogen-bond donors (Lipinski definition) is 1. The molecular formula is C16H24FN. The molecule has 1 aliphatic carbocycles. The van der Waals surface area contributed by atoms with Gasteiger partial charge in [0.1, 0.15) is 5.82 Å². The average molecular weight is 249 g/mol. The lowest BCUT2D eigenvalue weighted by Crippen LogP contribution is -2.36. The fraction of sp³-hybridized carbons (Fsp3) is 0.625. The molecule has 1 atom stereocenters. The number of halogens is 1. The average Bonchev–Trinajstić information content (AvgIpc) is 3.17. The maximum atomic E-state index is 12.9. The Hall–Kier alpha value is -0.890. The molecule has 0 heterocycles. The van der Waals surface area contributed by atoms with Gasteiger partial charge in [-0.25, -0.2) is 4.39 Å². The molecular weight excluding hydrogens is 225 g/mol. The van der Waals surface area contributed by atoms with E-state index in [4.69, 9.17) is 0 Å². The smallest absolute Gasteiger partial charge is 0.123 e. The normalized spacial score (nSPS) is 18.6. The summed E-state index contributed by atoms with van der Waals surface area (Å²) in [6, 6.07) is 7.00. The lowest BCUT2D eigenvalue weighted by Gasteiger charge is -2.30. The lowest BCUT2D eigenvalue weighted by molar-refractivity contribution is 0.256. The Morgan fingerprint density at radius 3 is 2.50 bits per heavy atom. The molecule has 100 valence electrons. The van der Waals surface area contributed by atoms with Crippen LogP contribution in [0.2, 0.25) is 0 Å². The van der Waals surface area contributed by atoms with Gasteiger partial charge in [0.15, 0.2) is 0 Å². The first-order chi connectivity index (χ1) is 8.64. The number of hydrogen-bond acceptors (Lipinski definition) is 1. The third-order valence-electron chi connectivity index (χ3n) is 4.04. The van der Waals surface area contributed by atoms with Crippen molar-refractivity contribution in [2.24, 2.45) is 11.3 Å². The van der Waals surface area contributed by atoms with Crippen molar-refractivity contribution in [3.63, 3.8) is 0 Å². The molecule has 0 aliphatic heterocycles. The van der Waals surface area contributed by atoms with Crippen molar-refractivity contribution in [1.29, 1.82) is 0 Å². The molecule has 1 nitrogen and oxygen atoms in total. The van der Waals surface area contributed by atoms with Gasteiger partial charge in [-0.1, -0.05) is 26.0 Å². The minimum absolute atomic E-state index is 0.143. The number of nitrogens with one attached hydrogen (secondary N) is 1. The van der Waals surface area contributed by atoms with Gasteiger partial charge < -0.3 is 5.32 Å². The first kappa shape index (κ1) is 13.5. The summed E-state index contributed by atoms with van der Waals surface area (Å²) >= 11 is 0. The van der Waals surface area contributed by atoms with Gasteiger partial charge in [0, 0.05) is 6.54 Å². The summed E-state index contributed by atoms with van der Waals surface area (Å²) < 4.78 is 12.9. The van der Waals surface area contributed by atoms with Crippen molar-refractivity contribution in [3.05, 3.63) is 35.6 Å². The zero-order valence-electron chi connectivity index (χ0n) is 11.5. The largest absolute Gasteiger partial charge is 0.316 e. The quantitative estimate of drug-likeness (QED) is 0.725. The highest BCUT2D eigenvalue weighted by Gasteiger charge is 2.40. The van der Waals surface area contributed by atoms with E-state index in [0.29, 0.717) is 5.41 Å². The van der Waals surface area contributed by atoms with Gasteiger partial charge in [0.2, 0.25) is 0 Å². The summed E-state index contributed by atoms with van der Waals surface area (Å²) in [7, 11) is 0. The lowest BCUT2D eigenvalue weighted by atomic mass is 9.79. The van der Waals surface area contributed by atoms with Gasteiger partial charge in [-0.05, 0) is 61.3 Å². The fourth-order valence-corrected chi connectivity index (χ4v) is 2.75. The standard InChI is InChI=1S/C16H24FN/c1-3-10-18-12-16(2,14-6-7-14)11-13-4-8-15(17)9-5-13/h4-5,8-9,14,18H,3,6-7,10-12H2,1-2H3. The first-order valence-corrected chi connectivity index (χ1v) is 7.09. The van der Waals surface area contributed by atoms with Gasteiger partial charge in [-0.15, -0.1) is 0 Å². The zero-order chi connectivity index (χ0) is 13.0. The van der Waals surface area contributed by atoms with E-state index in [1.165, 1.54) is 24.8 Å². The van der Waals surface area contributed by atoms with E-state index in [2.05, 4.69) is 19.2 Å². The molecule has 0 radical (unpaired) electrons. The second-order valence-corrected chi connectivity index (χ2v) is 5.91. The Labute approximate surface area is 110 Å². The maximum Gasteiger partial charge on any atom is 0.123 e. The van der Waals surface area contributed by atoms with Crippen molar-refractivity contribution in [3.8, 4) is 0 Å². The van der Waals surface area contributed by atoms with Crippen molar-refractivity contribution < 1.29 is 4.39 Å². The molecule has 1 N–H and O–H groups in total. The molecule has 18 heavy (non-hydrogen) atoms. The second-order valence-electron chi connectivity index (χ2n) is 5.91. The van der Waals surface area contributed by atoms with Crippen LogP contribution >= 0.6 is 0 Å². The Bertz CT molecular complexity index is 369. The van der Waals surface area contributed by atoms with Crippen LogP contribution < -0.4 is 5.32 Å². The molecule has 0 saturated heterocycles. The van der Waals surface area contributed by atoms with Crippen LogP contribution in [0.3, 0.4) is 0 Å². The molecule has 0 aromatic heterocycles. The second kappa shape index (κ2) is 5.83. The molecule has 2 heteroatoms. The van der Waals surface area contributed by atoms with Gasteiger partial charge in [0.05, 0.1) is 0 Å². The maximum absolute atomic E-state index is 12.9. The minimum Gasteiger partial charge on any atom is -0.316 e. The molecule has 1 saturated carbocycles. The van der Waals surface area contributed by atoms with Crippen LogP contribution in [0.1, 0.15) is 38.7 Å². The summed E-state index contributed by atoms with van der Waals surface area (Å²) in [4.78, 5) is 0. The Morgan fingerprint density at radius 1 is 1.28 bits per heavy atom. The van der Waals surface area contributed by atoms with Crippen molar-refractivity contribution >= 4 is 0 Å². The molecule has 1 aliphatic rings. The van der Waals surface area contributed by atoms with Gasteiger partial charge in [-0.3, -0.25) is 0 Å². The Balaban J connectivity index is 1.98. The highest BCUT2D eigenvalue weighted by molar-refractivity contribution is 5.18. The van der Waals surface area contributed by atoms with Crippen LogP contribution in [0.4, 0.5) is 4.39 Å². The zero-order valence-corrected chi connectivity index (χ0v) is 11.5. The van der Waals surface area contributed by atoms with Crippen LogP contribution in [0.15, 0.2) is 24.3 Å². The van der Waals surface area contributed by atoms with E-state index in [1.807, 2.05) is 12.1 Å². The molecule has 1 unspecified atom stereocenters. The van der Waals surface area contributed by atoms with Crippen molar-refractivity contribution in [2.45, 2.75) is 39.5 Å². The number of rotatable bonds is 7. The molecule has 1 aromatic rings. The third kappa shape index (κ3) is 3.55. The van der Waals surface area contributed by atoms with Crippen LogP contribution in [0.25, 0.3) is 0 Å². The predicted octanol–water partition coefficient (Wildman–Crippen LogP) is 3.78. The summed E-state index contributed by atoms with van der Waals surface area (Å²) in [6.07, 6.45) is 4.93. The van der Waals surface area contributed by atoms with Crippen molar-refractivity contribution in [2.75, 3.05) is 13.1 Å². The Morgan fingerprint density at radius 2 is 1.94 bits per heavy atom. The topological polar surface area (TPSA) is 12.0 Å². The SMILES string of the molecule is CCCNCC(C)(Cc1ccc(F)cc1)C1CC1. The van der Waals surface area contributed by atoms with E-state index in [1.54, 1.807) is 12.1 Å². The molecule has 2 rings (SSSR count). The molecule has 1 aromatic carbocycles. The molecule has 0 bridgehead atoms. The highest BCUT2D eigenvalue weighted by Crippen LogP contribution is 2.47. The van der Waals surface area contributed by atoms with E-state index in [9.17, 15) is 4.39 Å². The van der Waals surface area contributed by atoms with E-state index in [0.717, 1.165) is 25.4 Å². The number of benzene rings is 1. The van der Waals surface area contributed by atoms with Crippen LogP contribution in [0.5, 0.6) is 0 Å². The summed E-state index contributed by atoms with van der Waals surface area (Å²) in [6.45, 7) is 6.73. The minimum atomic E-state index is -0.143. The third-order valence-corrected chi connectivity index (χ3v) is 4.04. The summed E-state index contributed by atoms with van der Waals surface area (Å²) in [5.41, 5.74) is 1.58. The summed E-state index contributed by atoms with van der Waals surface area (Å²) in [5, 5.41) is 3.55. The van der Waals surface area contributed by atoms with E-state index >= 15 is 0 Å². The van der Waals surface area contributed by atoms with Crippen molar-refractivity contribution in [1.82, 2.24) is 5.32 Å². The molecule has 1 fully saturated rings. The summed E-state index contributed by atoms with van der Waals surface area (Å²) in [5.74, 6) is 0.697. The van der Waals surface area contributed by atoms with Gasteiger partial charge in [-0.2, -0.15) is 0 Å². The van der Waals surface area contributed by atoms with E-state index in [-0.39, 0.29) is 5.82 Å². The molecule has 0 spiro atoms.